The first kappa shape index (κ1) is 19.1. The average Bonchev–Trinajstić information content (AvgIpc) is 3.12. The van der Waals surface area contributed by atoms with Gasteiger partial charge < -0.3 is 9.73 Å². The Morgan fingerprint density at radius 2 is 1.85 bits per heavy atom. The maximum atomic E-state index is 12.4. The highest BCUT2D eigenvalue weighted by molar-refractivity contribution is 6.44. The monoisotopic (exact) mass is 416 g/mol. The van der Waals surface area contributed by atoms with Crippen LogP contribution < -0.4 is 5.32 Å². The van der Waals surface area contributed by atoms with Crippen LogP contribution in [0.4, 0.5) is 5.69 Å². The summed E-state index contributed by atoms with van der Waals surface area (Å²) in [5, 5.41) is 13.0. The molecule has 0 radical (unpaired) electrons. The van der Waals surface area contributed by atoms with E-state index in [1.54, 1.807) is 48.5 Å². The van der Waals surface area contributed by atoms with Crippen molar-refractivity contribution in [1.82, 2.24) is 0 Å². The molecule has 0 saturated carbocycles. The van der Waals surface area contributed by atoms with E-state index in [1.807, 2.05) is 12.1 Å². The normalized spacial score (nSPS) is 11.1. The number of hydrogen-bond donors (Lipinski definition) is 1. The van der Waals surface area contributed by atoms with E-state index in [-0.39, 0.29) is 10.6 Å². The van der Waals surface area contributed by atoms with Gasteiger partial charge in [0.05, 0.1) is 15.7 Å². The molecule has 0 atom stereocenters. The minimum absolute atomic E-state index is 0.141. The van der Waals surface area contributed by atoms with Crippen LogP contribution in [0.15, 0.2) is 64.6 Å². The van der Waals surface area contributed by atoms with E-state index in [4.69, 9.17) is 39.2 Å². The summed E-state index contributed by atoms with van der Waals surface area (Å²) in [5.41, 5.74) is 0.961. The smallest absolute Gasteiger partial charge is 0.266 e. The topological polar surface area (TPSA) is 66.0 Å². The molecule has 3 rings (SSSR count). The van der Waals surface area contributed by atoms with Crippen molar-refractivity contribution < 1.29 is 9.21 Å². The van der Waals surface area contributed by atoms with Crippen LogP contribution in [0.25, 0.3) is 17.4 Å². The molecule has 7 heteroatoms. The number of hydrogen-bond acceptors (Lipinski definition) is 3. The van der Waals surface area contributed by atoms with E-state index in [0.717, 1.165) is 5.56 Å². The van der Waals surface area contributed by atoms with Crippen molar-refractivity contribution in [2.75, 3.05) is 5.32 Å². The number of anilines is 1. The summed E-state index contributed by atoms with van der Waals surface area (Å²) in [6.07, 6.45) is 1.35. The van der Waals surface area contributed by atoms with Gasteiger partial charge in [0.25, 0.3) is 5.91 Å². The van der Waals surface area contributed by atoms with E-state index in [0.29, 0.717) is 27.3 Å². The molecule has 0 fully saturated rings. The Kier molecular flexibility index (Phi) is 5.88. The van der Waals surface area contributed by atoms with Crippen LogP contribution in [0.5, 0.6) is 0 Å². The summed E-state index contributed by atoms with van der Waals surface area (Å²) < 4.78 is 5.69. The Morgan fingerprint density at radius 1 is 1.07 bits per heavy atom. The number of nitriles is 1. The molecule has 0 aliphatic heterocycles. The molecule has 27 heavy (non-hydrogen) atoms. The van der Waals surface area contributed by atoms with E-state index < -0.39 is 5.91 Å². The third-order valence-electron chi connectivity index (χ3n) is 3.59. The number of amides is 1. The lowest BCUT2D eigenvalue weighted by Gasteiger charge is -2.07. The minimum atomic E-state index is -0.623. The first-order valence-corrected chi connectivity index (χ1v) is 8.84. The molecule has 4 nitrogen and oxygen atoms in total. The predicted molar refractivity (Wildman–Crippen MR) is 108 cm³/mol. The summed E-state index contributed by atoms with van der Waals surface area (Å²) in [4.78, 5) is 12.4. The van der Waals surface area contributed by atoms with E-state index in [9.17, 15) is 10.1 Å². The standard InChI is InChI=1S/C20H11Cl3N2O2/c21-14-4-1-3-12(9-14)18-8-7-15(27-18)10-13(11-24)20(26)25-17-6-2-5-16(22)19(17)23/h1-10H,(H,25,26)/b13-10+. The maximum Gasteiger partial charge on any atom is 0.266 e. The van der Waals surface area contributed by atoms with Gasteiger partial charge in [-0.25, -0.2) is 0 Å². The molecule has 0 aliphatic rings. The van der Waals surface area contributed by atoms with Crippen LogP contribution in [0.2, 0.25) is 15.1 Å². The molecule has 0 saturated heterocycles. The highest BCUT2D eigenvalue weighted by atomic mass is 35.5. The first-order valence-electron chi connectivity index (χ1n) is 7.71. The van der Waals surface area contributed by atoms with Gasteiger partial charge >= 0.3 is 0 Å². The zero-order valence-electron chi connectivity index (χ0n) is 13.7. The van der Waals surface area contributed by atoms with Crippen LogP contribution in [-0.4, -0.2) is 5.91 Å². The van der Waals surface area contributed by atoms with Crippen LogP contribution in [-0.2, 0) is 4.79 Å². The molecule has 1 amide bonds. The van der Waals surface area contributed by atoms with Gasteiger partial charge in [0.1, 0.15) is 23.2 Å². The quantitative estimate of drug-likeness (QED) is 0.392. The molecule has 3 aromatic rings. The largest absolute Gasteiger partial charge is 0.457 e. The Bertz CT molecular complexity index is 1080. The number of carbonyl (C=O) groups excluding carboxylic acids is 1. The number of furan rings is 1. The van der Waals surface area contributed by atoms with Crippen molar-refractivity contribution in [3.05, 3.63) is 81.0 Å². The predicted octanol–water partition coefficient (Wildman–Crippen LogP) is 6.45. The highest BCUT2D eigenvalue weighted by Gasteiger charge is 2.14. The summed E-state index contributed by atoms with van der Waals surface area (Å²) in [7, 11) is 0. The van der Waals surface area contributed by atoms with Crippen LogP contribution >= 0.6 is 34.8 Å². The van der Waals surface area contributed by atoms with Crippen molar-refractivity contribution in [2.45, 2.75) is 0 Å². The van der Waals surface area contributed by atoms with Gasteiger partial charge in [-0.3, -0.25) is 4.79 Å². The van der Waals surface area contributed by atoms with E-state index >= 15 is 0 Å². The average molecular weight is 418 g/mol. The number of rotatable bonds is 4. The Morgan fingerprint density at radius 3 is 2.59 bits per heavy atom. The van der Waals surface area contributed by atoms with Gasteiger partial charge in [-0.1, -0.05) is 53.0 Å². The fourth-order valence-corrected chi connectivity index (χ4v) is 2.85. The van der Waals surface area contributed by atoms with Crippen molar-refractivity contribution in [3.63, 3.8) is 0 Å². The number of halogens is 3. The van der Waals surface area contributed by atoms with Crippen molar-refractivity contribution >= 4 is 52.5 Å². The summed E-state index contributed by atoms with van der Waals surface area (Å²) in [6.45, 7) is 0. The minimum Gasteiger partial charge on any atom is -0.457 e. The summed E-state index contributed by atoms with van der Waals surface area (Å²) in [6, 6.07) is 17.2. The summed E-state index contributed by atoms with van der Waals surface area (Å²) in [5.74, 6) is 0.301. The number of carbonyl (C=O) groups is 1. The Labute approximate surface area is 170 Å². The van der Waals surface area contributed by atoms with Gasteiger partial charge in [0.15, 0.2) is 0 Å². The van der Waals surface area contributed by atoms with Crippen LogP contribution in [0, 0.1) is 11.3 Å². The Balaban J connectivity index is 1.83. The molecule has 134 valence electrons. The second-order valence-electron chi connectivity index (χ2n) is 5.44. The third-order valence-corrected chi connectivity index (χ3v) is 4.64. The van der Waals surface area contributed by atoms with Crippen LogP contribution in [0.3, 0.4) is 0 Å². The molecule has 1 N–H and O–H groups in total. The lowest BCUT2D eigenvalue weighted by molar-refractivity contribution is -0.112. The Hall–Kier alpha value is -2.71. The number of nitrogens with zero attached hydrogens (tertiary/aromatic N) is 1. The lowest BCUT2D eigenvalue weighted by Crippen LogP contribution is -2.13. The molecule has 2 aromatic carbocycles. The molecule has 0 spiro atoms. The maximum absolute atomic E-state index is 12.4. The van der Waals surface area contributed by atoms with Crippen LogP contribution in [0.1, 0.15) is 5.76 Å². The molecule has 1 heterocycles. The van der Waals surface area contributed by atoms with Gasteiger partial charge in [0.2, 0.25) is 0 Å². The third kappa shape index (κ3) is 4.53. The highest BCUT2D eigenvalue weighted by Crippen LogP contribution is 2.30. The molecule has 0 unspecified atom stereocenters. The summed E-state index contributed by atoms with van der Waals surface area (Å²) >= 11 is 18.0. The van der Waals surface area contributed by atoms with E-state index in [2.05, 4.69) is 5.32 Å². The van der Waals surface area contributed by atoms with Gasteiger partial charge in [0, 0.05) is 16.7 Å². The fourth-order valence-electron chi connectivity index (χ4n) is 2.31. The first-order chi connectivity index (χ1) is 13.0. The number of benzene rings is 2. The number of nitrogens with one attached hydrogen (secondary N) is 1. The molecule has 1 aromatic heterocycles. The second-order valence-corrected chi connectivity index (χ2v) is 6.66. The fraction of sp³-hybridized carbons (Fsp3) is 0. The lowest BCUT2D eigenvalue weighted by atomic mass is 10.2. The van der Waals surface area contributed by atoms with Crippen molar-refractivity contribution in [1.29, 1.82) is 5.26 Å². The molecule has 0 bridgehead atoms. The molecule has 0 aliphatic carbocycles. The van der Waals surface area contributed by atoms with Crippen molar-refractivity contribution in [3.8, 4) is 17.4 Å². The second kappa shape index (κ2) is 8.32. The SMILES string of the molecule is N#C/C(=C\c1ccc(-c2cccc(Cl)c2)o1)C(=O)Nc1cccc(Cl)c1Cl. The zero-order chi connectivity index (χ0) is 19.4. The van der Waals surface area contributed by atoms with Gasteiger partial charge in [-0.15, -0.1) is 0 Å². The van der Waals surface area contributed by atoms with E-state index in [1.165, 1.54) is 6.08 Å². The van der Waals surface area contributed by atoms with Crippen molar-refractivity contribution in [2.24, 2.45) is 0 Å². The molecular formula is C20H11Cl3N2O2. The zero-order valence-corrected chi connectivity index (χ0v) is 15.9. The van der Waals surface area contributed by atoms with Gasteiger partial charge in [-0.2, -0.15) is 5.26 Å². The van der Waals surface area contributed by atoms with Gasteiger partial charge in [-0.05, 0) is 36.4 Å². The molecular weight excluding hydrogens is 407 g/mol.